The van der Waals surface area contributed by atoms with Crippen LogP contribution in [-0.2, 0) is 16.1 Å². The van der Waals surface area contributed by atoms with Crippen LogP contribution in [0.3, 0.4) is 0 Å². The molecule has 1 saturated heterocycles. The molecule has 1 fully saturated rings. The molecule has 1 aromatic heterocycles. The third-order valence-electron chi connectivity index (χ3n) is 5.52. The van der Waals surface area contributed by atoms with Crippen molar-refractivity contribution in [3.05, 3.63) is 60.2 Å². The van der Waals surface area contributed by atoms with Gasteiger partial charge in [0.1, 0.15) is 0 Å². The van der Waals surface area contributed by atoms with E-state index in [4.69, 9.17) is 0 Å². The molecule has 0 saturated carbocycles. The van der Waals surface area contributed by atoms with Crippen molar-refractivity contribution in [1.82, 2.24) is 14.4 Å². The van der Waals surface area contributed by atoms with E-state index in [-0.39, 0.29) is 5.78 Å². The molecule has 0 atom stereocenters. The fourth-order valence-corrected chi connectivity index (χ4v) is 4.15. The molecule has 0 radical (unpaired) electrons. The van der Waals surface area contributed by atoms with Crippen LogP contribution in [0, 0.1) is 0 Å². The van der Waals surface area contributed by atoms with Crippen LogP contribution in [0.4, 0.5) is 4.79 Å². The Bertz CT molecular complexity index is 1210. The average Bonchev–Trinajstić information content (AvgIpc) is 3.21. The molecule has 0 unspecified atom stereocenters. The molecule has 7 heteroatoms. The zero-order valence-corrected chi connectivity index (χ0v) is 17.7. The van der Waals surface area contributed by atoms with Gasteiger partial charge in [0.15, 0.2) is 5.78 Å². The van der Waals surface area contributed by atoms with Crippen molar-refractivity contribution in [3.8, 4) is 11.3 Å². The van der Waals surface area contributed by atoms with Gasteiger partial charge in [-0.25, -0.2) is 9.69 Å². The second-order valence-electron chi connectivity index (χ2n) is 7.72. The smallest absolute Gasteiger partial charge is 0.334 e. The van der Waals surface area contributed by atoms with Gasteiger partial charge in [-0.15, -0.1) is 0 Å². The van der Waals surface area contributed by atoms with Gasteiger partial charge in [-0.3, -0.25) is 19.3 Å². The number of urea groups is 1. The maximum Gasteiger partial charge on any atom is 0.334 e. The molecule has 1 aliphatic heterocycles. The third-order valence-corrected chi connectivity index (χ3v) is 5.52. The van der Waals surface area contributed by atoms with Crippen LogP contribution in [0.5, 0.6) is 0 Å². The lowest BCUT2D eigenvalue weighted by Crippen LogP contribution is -2.39. The summed E-state index contributed by atoms with van der Waals surface area (Å²) in [7, 11) is 0. The maximum atomic E-state index is 13.5. The minimum atomic E-state index is -0.965. The zero-order valence-electron chi connectivity index (χ0n) is 17.7. The van der Waals surface area contributed by atoms with Crippen molar-refractivity contribution in [2.75, 3.05) is 6.54 Å². The second kappa shape index (κ2) is 7.83. The number of aryl methyl sites for hydroxylation is 1. The highest BCUT2D eigenvalue weighted by Gasteiger charge is 2.46. The number of fused-ring (bicyclic) bond motifs is 1. The highest BCUT2D eigenvalue weighted by atomic mass is 16.2. The lowest BCUT2D eigenvalue weighted by Gasteiger charge is -2.18. The number of nitrogens with zero attached hydrogens (tertiary/aromatic N) is 3. The third kappa shape index (κ3) is 3.22. The first kappa shape index (κ1) is 20.5. The van der Waals surface area contributed by atoms with Crippen LogP contribution in [0.2, 0.25) is 0 Å². The van der Waals surface area contributed by atoms with Gasteiger partial charge < -0.3 is 4.57 Å². The maximum absolute atomic E-state index is 13.5. The Morgan fingerprint density at radius 1 is 0.903 bits per heavy atom. The zero-order chi connectivity index (χ0) is 22.3. The molecule has 0 bridgehead atoms. The standard InChI is InChI=1S/C24H23N3O4/c1-4-25-18-13-9-8-12-17(18)20(21(25)16-10-6-5-7-11-16)19(28)14-26-22(29)23(30)27(15(2)3)24(26)31/h5-13,15H,4,14H2,1-3H3. The number of hydrogen-bond donors (Lipinski definition) is 0. The summed E-state index contributed by atoms with van der Waals surface area (Å²) in [5.41, 5.74) is 2.94. The van der Waals surface area contributed by atoms with E-state index in [1.807, 2.05) is 61.5 Å². The first-order valence-corrected chi connectivity index (χ1v) is 10.3. The lowest BCUT2D eigenvalue weighted by molar-refractivity contribution is -0.143. The molecule has 2 aromatic carbocycles. The van der Waals surface area contributed by atoms with Crippen molar-refractivity contribution < 1.29 is 19.2 Å². The molecule has 3 aromatic rings. The van der Waals surface area contributed by atoms with E-state index in [0.717, 1.165) is 32.0 Å². The first-order valence-electron chi connectivity index (χ1n) is 10.3. The molecule has 0 N–H and O–H groups in total. The molecule has 31 heavy (non-hydrogen) atoms. The van der Waals surface area contributed by atoms with Gasteiger partial charge in [0.2, 0.25) is 0 Å². The summed E-state index contributed by atoms with van der Waals surface area (Å²) < 4.78 is 2.05. The normalized spacial score (nSPS) is 14.4. The number of Topliss-reactive ketones (excluding diaryl/α,β-unsaturated/α-hetero) is 1. The number of amides is 4. The van der Waals surface area contributed by atoms with E-state index < -0.39 is 30.4 Å². The minimum absolute atomic E-state index is 0.387. The number of hydrogen-bond acceptors (Lipinski definition) is 4. The number of carbonyl (C=O) groups is 4. The summed E-state index contributed by atoms with van der Waals surface area (Å²) in [4.78, 5) is 52.5. The topological polar surface area (TPSA) is 79.7 Å². The van der Waals surface area contributed by atoms with E-state index in [9.17, 15) is 19.2 Å². The Labute approximate surface area is 179 Å². The van der Waals surface area contributed by atoms with Crippen molar-refractivity contribution in [3.63, 3.8) is 0 Å². The Morgan fingerprint density at radius 2 is 1.55 bits per heavy atom. The van der Waals surface area contributed by atoms with Crippen LogP contribution in [0.1, 0.15) is 31.1 Å². The lowest BCUT2D eigenvalue weighted by atomic mass is 10.0. The predicted octanol–water partition coefficient (Wildman–Crippen LogP) is 3.71. The van der Waals surface area contributed by atoms with Crippen LogP contribution in [-0.4, -0.2) is 50.6 Å². The van der Waals surface area contributed by atoms with Crippen LogP contribution in [0.25, 0.3) is 22.2 Å². The van der Waals surface area contributed by atoms with Gasteiger partial charge in [-0.2, -0.15) is 0 Å². The Balaban J connectivity index is 1.83. The highest BCUT2D eigenvalue weighted by molar-refractivity contribution is 6.45. The van der Waals surface area contributed by atoms with Crippen LogP contribution < -0.4 is 0 Å². The predicted molar refractivity (Wildman–Crippen MR) is 116 cm³/mol. The summed E-state index contributed by atoms with van der Waals surface area (Å²) in [6.45, 7) is 5.46. The molecule has 4 rings (SSSR count). The number of aromatic nitrogens is 1. The number of benzene rings is 2. The summed E-state index contributed by atoms with van der Waals surface area (Å²) in [6.07, 6.45) is 0. The Morgan fingerprint density at radius 3 is 2.16 bits per heavy atom. The molecule has 0 aliphatic carbocycles. The van der Waals surface area contributed by atoms with Gasteiger partial charge in [-0.1, -0.05) is 48.5 Å². The van der Waals surface area contributed by atoms with E-state index in [2.05, 4.69) is 4.57 Å². The summed E-state index contributed by atoms with van der Waals surface area (Å²) >= 11 is 0. The van der Waals surface area contributed by atoms with Crippen LogP contribution >= 0.6 is 0 Å². The van der Waals surface area contributed by atoms with Crippen molar-refractivity contribution in [2.24, 2.45) is 0 Å². The molecule has 7 nitrogen and oxygen atoms in total. The number of ketones is 1. The second-order valence-corrected chi connectivity index (χ2v) is 7.72. The minimum Gasteiger partial charge on any atom is -0.340 e. The monoisotopic (exact) mass is 417 g/mol. The summed E-state index contributed by atoms with van der Waals surface area (Å²) in [6, 6.07) is 15.9. The van der Waals surface area contributed by atoms with E-state index in [0.29, 0.717) is 12.1 Å². The molecule has 158 valence electrons. The molecule has 4 amide bonds. The Hall–Kier alpha value is -3.74. The Kier molecular flexibility index (Phi) is 5.19. The number of carbonyl (C=O) groups excluding carboxylic acids is 4. The SMILES string of the molecule is CCn1c(-c2ccccc2)c(C(=O)CN2C(=O)C(=O)N(C(C)C)C2=O)c2ccccc21. The quantitative estimate of drug-likeness (QED) is 0.348. The number of imide groups is 2. The van der Waals surface area contributed by atoms with Gasteiger partial charge in [0.25, 0.3) is 0 Å². The molecule has 2 heterocycles. The van der Waals surface area contributed by atoms with Gasteiger partial charge in [0, 0.05) is 23.5 Å². The fourth-order valence-electron chi connectivity index (χ4n) is 4.15. The first-order chi connectivity index (χ1) is 14.9. The van der Waals surface area contributed by atoms with E-state index >= 15 is 0 Å². The van der Waals surface area contributed by atoms with Crippen LogP contribution in [0.15, 0.2) is 54.6 Å². The van der Waals surface area contributed by atoms with Gasteiger partial charge in [-0.05, 0) is 32.4 Å². The van der Waals surface area contributed by atoms with Gasteiger partial charge in [0.05, 0.1) is 17.8 Å². The molecular formula is C24H23N3O4. The largest absolute Gasteiger partial charge is 0.340 e. The molecule has 0 spiro atoms. The van der Waals surface area contributed by atoms with Crippen molar-refractivity contribution >= 4 is 34.5 Å². The van der Waals surface area contributed by atoms with Crippen molar-refractivity contribution in [2.45, 2.75) is 33.4 Å². The highest BCUT2D eigenvalue weighted by Crippen LogP contribution is 2.34. The number of para-hydroxylation sites is 1. The number of rotatable bonds is 6. The summed E-state index contributed by atoms with van der Waals surface area (Å²) in [5, 5.41) is 0.749. The summed E-state index contributed by atoms with van der Waals surface area (Å²) in [5.74, 6) is -2.25. The fraction of sp³-hybridized carbons (Fsp3) is 0.250. The average molecular weight is 417 g/mol. The van der Waals surface area contributed by atoms with Gasteiger partial charge >= 0.3 is 17.8 Å². The molecule has 1 aliphatic rings. The van der Waals surface area contributed by atoms with Crippen molar-refractivity contribution in [1.29, 1.82) is 0 Å². The van der Waals surface area contributed by atoms with E-state index in [1.165, 1.54) is 0 Å². The molecular weight excluding hydrogens is 394 g/mol. The van der Waals surface area contributed by atoms with E-state index in [1.54, 1.807) is 13.8 Å².